The van der Waals surface area contributed by atoms with Crippen LogP contribution in [0.3, 0.4) is 0 Å². The highest BCUT2D eigenvalue weighted by Crippen LogP contribution is 2.20. The molecule has 1 aliphatic rings. The van der Waals surface area contributed by atoms with Gasteiger partial charge in [0.25, 0.3) is 0 Å². The number of fused-ring (bicyclic) bond motifs is 1. The highest BCUT2D eigenvalue weighted by molar-refractivity contribution is 5.93. The predicted molar refractivity (Wildman–Crippen MR) is 71.7 cm³/mol. The van der Waals surface area contributed by atoms with Crippen molar-refractivity contribution in [3.63, 3.8) is 0 Å². The molecule has 0 saturated carbocycles. The zero-order valence-electron chi connectivity index (χ0n) is 10.4. The zero-order valence-corrected chi connectivity index (χ0v) is 10.4. The quantitative estimate of drug-likeness (QED) is 0.889. The second-order valence-electron chi connectivity index (χ2n) is 4.48. The van der Waals surface area contributed by atoms with Crippen molar-refractivity contribution in [3.8, 4) is 0 Å². The fraction of sp³-hybridized carbons (Fsp3) is 0.286. The van der Waals surface area contributed by atoms with Crippen molar-refractivity contribution in [2.24, 2.45) is 0 Å². The first-order chi connectivity index (χ1) is 9.24. The van der Waals surface area contributed by atoms with Gasteiger partial charge in [0.1, 0.15) is 5.82 Å². The molecule has 5 nitrogen and oxygen atoms in total. The average molecular weight is 258 g/mol. The van der Waals surface area contributed by atoms with E-state index in [1.807, 2.05) is 12.1 Å². The molecule has 1 saturated heterocycles. The van der Waals surface area contributed by atoms with Gasteiger partial charge in [0.15, 0.2) is 0 Å². The maximum Gasteiger partial charge on any atom is 0.335 e. The number of anilines is 1. The molecule has 0 amide bonds. The minimum atomic E-state index is -0.917. The Hall–Kier alpha value is -2.14. The van der Waals surface area contributed by atoms with E-state index in [-0.39, 0.29) is 5.56 Å². The van der Waals surface area contributed by atoms with Crippen molar-refractivity contribution in [2.45, 2.75) is 0 Å². The third-order valence-electron chi connectivity index (χ3n) is 3.26. The number of aromatic nitrogens is 1. The Balaban J connectivity index is 1.97. The van der Waals surface area contributed by atoms with E-state index in [1.54, 1.807) is 18.2 Å². The van der Waals surface area contributed by atoms with Crippen LogP contribution in [0.5, 0.6) is 0 Å². The third-order valence-corrected chi connectivity index (χ3v) is 3.26. The van der Waals surface area contributed by atoms with Crippen LogP contribution in [0.4, 0.5) is 5.82 Å². The van der Waals surface area contributed by atoms with E-state index in [0.29, 0.717) is 0 Å². The van der Waals surface area contributed by atoms with Gasteiger partial charge < -0.3 is 14.7 Å². The van der Waals surface area contributed by atoms with E-state index < -0.39 is 5.97 Å². The van der Waals surface area contributed by atoms with Crippen LogP contribution in [-0.2, 0) is 4.74 Å². The van der Waals surface area contributed by atoms with Gasteiger partial charge in [-0.15, -0.1) is 0 Å². The summed E-state index contributed by atoms with van der Waals surface area (Å²) in [6.07, 6.45) is 0. The lowest BCUT2D eigenvalue weighted by Crippen LogP contribution is -2.36. The average Bonchev–Trinajstić information content (AvgIpc) is 2.47. The number of hydrogen-bond acceptors (Lipinski definition) is 4. The Morgan fingerprint density at radius 2 is 2.00 bits per heavy atom. The lowest BCUT2D eigenvalue weighted by Gasteiger charge is -2.27. The van der Waals surface area contributed by atoms with Gasteiger partial charge in [0, 0.05) is 18.5 Å². The molecule has 1 aliphatic heterocycles. The highest BCUT2D eigenvalue weighted by atomic mass is 16.5. The van der Waals surface area contributed by atoms with Gasteiger partial charge >= 0.3 is 5.97 Å². The van der Waals surface area contributed by atoms with Gasteiger partial charge in [-0.05, 0) is 30.3 Å². The molecule has 2 heterocycles. The summed E-state index contributed by atoms with van der Waals surface area (Å²) in [7, 11) is 0. The van der Waals surface area contributed by atoms with Crippen molar-refractivity contribution in [1.29, 1.82) is 0 Å². The van der Waals surface area contributed by atoms with Crippen LogP contribution in [0, 0.1) is 0 Å². The first kappa shape index (κ1) is 11.9. The molecule has 0 radical (unpaired) electrons. The number of pyridine rings is 1. The Morgan fingerprint density at radius 1 is 1.21 bits per heavy atom. The monoisotopic (exact) mass is 258 g/mol. The number of benzene rings is 1. The fourth-order valence-electron chi connectivity index (χ4n) is 2.22. The number of ether oxygens (including phenoxy) is 1. The topological polar surface area (TPSA) is 62.7 Å². The Morgan fingerprint density at radius 3 is 2.74 bits per heavy atom. The molecule has 0 aliphatic carbocycles. The predicted octanol–water partition coefficient (Wildman–Crippen LogP) is 1.77. The molecule has 0 bridgehead atoms. The van der Waals surface area contributed by atoms with Crippen LogP contribution >= 0.6 is 0 Å². The minimum absolute atomic E-state index is 0.286. The van der Waals surface area contributed by atoms with Crippen molar-refractivity contribution >= 4 is 22.7 Å². The van der Waals surface area contributed by atoms with Gasteiger partial charge in [-0.3, -0.25) is 0 Å². The molecular weight excluding hydrogens is 244 g/mol. The van der Waals surface area contributed by atoms with Gasteiger partial charge in [-0.2, -0.15) is 0 Å². The third kappa shape index (κ3) is 2.37. The summed E-state index contributed by atoms with van der Waals surface area (Å²) < 4.78 is 5.32. The van der Waals surface area contributed by atoms with Crippen molar-refractivity contribution < 1.29 is 14.6 Å². The minimum Gasteiger partial charge on any atom is -0.478 e. The van der Waals surface area contributed by atoms with Gasteiger partial charge in [0.05, 0.1) is 24.3 Å². The number of hydrogen-bond donors (Lipinski definition) is 1. The Labute approximate surface area is 110 Å². The van der Waals surface area contributed by atoms with Gasteiger partial charge in [-0.1, -0.05) is 0 Å². The first-order valence-corrected chi connectivity index (χ1v) is 6.21. The molecule has 0 atom stereocenters. The van der Waals surface area contributed by atoms with E-state index in [4.69, 9.17) is 9.84 Å². The molecule has 5 heteroatoms. The molecule has 3 rings (SSSR count). The van der Waals surface area contributed by atoms with Crippen molar-refractivity contribution in [1.82, 2.24) is 4.98 Å². The van der Waals surface area contributed by atoms with Crippen molar-refractivity contribution in [2.75, 3.05) is 31.2 Å². The van der Waals surface area contributed by atoms with Crippen LogP contribution in [0.1, 0.15) is 10.4 Å². The molecule has 98 valence electrons. The maximum absolute atomic E-state index is 10.9. The summed E-state index contributed by atoms with van der Waals surface area (Å²) in [5, 5.41) is 9.80. The Kier molecular flexibility index (Phi) is 3.05. The lowest BCUT2D eigenvalue weighted by molar-refractivity contribution is 0.0697. The van der Waals surface area contributed by atoms with E-state index in [9.17, 15) is 4.79 Å². The molecule has 1 aromatic heterocycles. The Bertz CT molecular complexity index is 621. The highest BCUT2D eigenvalue weighted by Gasteiger charge is 2.13. The molecule has 0 unspecified atom stereocenters. The summed E-state index contributed by atoms with van der Waals surface area (Å²) in [6.45, 7) is 3.12. The molecule has 0 spiro atoms. The molecule has 1 N–H and O–H groups in total. The smallest absolute Gasteiger partial charge is 0.335 e. The number of nitrogens with zero attached hydrogens (tertiary/aromatic N) is 2. The summed E-state index contributed by atoms with van der Waals surface area (Å²) in [5.41, 5.74) is 1.10. The fourth-order valence-corrected chi connectivity index (χ4v) is 2.22. The van der Waals surface area contributed by atoms with Crippen LogP contribution in [-0.4, -0.2) is 42.4 Å². The normalized spacial score (nSPS) is 15.7. The largest absolute Gasteiger partial charge is 0.478 e. The van der Waals surface area contributed by atoms with Gasteiger partial charge in [-0.25, -0.2) is 9.78 Å². The van der Waals surface area contributed by atoms with Gasteiger partial charge in [0.2, 0.25) is 0 Å². The van der Waals surface area contributed by atoms with Crippen LogP contribution in [0.2, 0.25) is 0 Å². The lowest BCUT2D eigenvalue weighted by atomic mass is 10.1. The standard InChI is InChI=1S/C14H14N2O3/c17-14(18)11-1-3-12-10(9-11)2-4-13(15-12)16-5-7-19-8-6-16/h1-4,9H,5-8H2,(H,17,18). The summed E-state index contributed by atoms with van der Waals surface area (Å²) in [4.78, 5) is 17.7. The SMILES string of the molecule is O=C(O)c1ccc2nc(N3CCOCC3)ccc2c1. The second-order valence-corrected chi connectivity index (χ2v) is 4.48. The van der Waals surface area contributed by atoms with E-state index in [2.05, 4.69) is 9.88 Å². The number of aromatic carboxylic acids is 1. The number of carboxylic acids is 1. The van der Waals surface area contributed by atoms with Crippen LogP contribution in [0.25, 0.3) is 10.9 Å². The van der Waals surface area contributed by atoms with E-state index >= 15 is 0 Å². The number of carbonyl (C=O) groups is 1. The number of morpholine rings is 1. The summed E-state index contributed by atoms with van der Waals surface area (Å²) in [6, 6.07) is 8.83. The zero-order chi connectivity index (χ0) is 13.2. The van der Waals surface area contributed by atoms with E-state index in [0.717, 1.165) is 43.0 Å². The number of carboxylic acid groups (broad SMARTS) is 1. The summed E-state index contributed by atoms with van der Waals surface area (Å²) in [5.74, 6) is -0.00182. The van der Waals surface area contributed by atoms with Crippen LogP contribution < -0.4 is 4.90 Å². The summed E-state index contributed by atoms with van der Waals surface area (Å²) >= 11 is 0. The molecule has 1 fully saturated rings. The van der Waals surface area contributed by atoms with Crippen LogP contribution in [0.15, 0.2) is 30.3 Å². The molecule has 2 aromatic rings. The molecule has 1 aromatic carbocycles. The first-order valence-electron chi connectivity index (χ1n) is 6.21. The molecular formula is C14H14N2O3. The maximum atomic E-state index is 10.9. The van der Waals surface area contributed by atoms with Crippen molar-refractivity contribution in [3.05, 3.63) is 35.9 Å². The number of rotatable bonds is 2. The van der Waals surface area contributed by atoms with E-state index in [1.165, 1.54) is 0 Å². The molecule has 19 heavy (non-hydrogen) atoms. The second kappa shape index (κ2) is 4.85.